The average molecular weight is 645 g/mol. The molecule has 0 amide bonds. The van der Waals surface area contributed by atoms with E-state index in [1.807, 2.05) is 0 Å². The maximum atomic E-state index is 8.17. The summed E-state index contributed by atoms with van der Waals surface area (Å²) in [5, 5.41) is 168. The maximum Gasteiger partial charge on any atom is 0.100 e. The quantitative estimate of drug-likeness (QED) is 0.0834. The second kappa shape index (κ2) is 52.8. The maximum absolute atomic E-state index is 8.17. The van der Waals surface area contributed by atoms with Crippen molar-refractivity contribution in [2.24, 2.45) is 0 Å². The Labute approximate surface area is 243 Å². The molecule has 21 heteroatoms. The van der Waals surface area contributed by atoms with E-state index in [9.17, 15) is 0 Å². The Morgan fingerprint density at radius 1 is 0.167 bits per heavy atom. The lowest BCUT2D eigenvalue weighted by Crippen LogP contribution is -2.15. The first-order valence-corrected chi connectivity index (χ1v) is 12.0. The second-order valence-corrected chi connectivity index (χ2v) is 7.13. The highest BCUT2D eigenvalue weighted by molar-refractivity contribution is 4.46. The monoisotopic (exact) mass is 644 g/mol. The third-order valence-electron chi connectivity index (χ3n) is 2.95. The lowest BCUT2D eigenvalue weighted by atomic mass is 10.4. The lowest BCUT2D eigenvalue weighted by molar-refractivity contribution is 0.0450. The normalized spacial score (nSPS) is 10.0. The molecule has 0 radical (unpaired) electrons. The van der Waals surface area contributed by atoms with Crippen LogP contribution >= 0.6 is 0 Å². The Kier molecular flexibility index (Phi) is 71.5. The molecule has 21 nitrogen and oxygen atoms in total. The summed E-state index contributed by atoms with van der Waals surface area (Å²) in [7, 11) is 0. The number of hydrogen-bond acceptors (Lipinski definition) is 21. The lowest BCUT2D eigenvalue weighted by Gasteiger charge is -1.96. The third kappa shape index (κ3) is 77.3. The van der Waals surface area contributed by atoms with Crippen molar-refractivity contribution in [3.05, 3.63) is 0 Å². The Morgan fingerprint density at radius 3 is 0.214 bits per heavy atom. The molecule has 0 aromatic heterocycles. The van der Waals surface area contributed by atoms with Crippen LogP contribution in [0.15, 0.2) is 0 Å². The van der Waals surface area contributed by atoms with E-state index in [1.54, 1.807) is 0 Å². The molecule has 0 heterocycles. The summed E-state index contributed by atoms with van der Waals surface area (Å²) >= 11 is 0. The first-order valence-electron chi connectivity index (χ1n) is 12.0. The van der Waals surface area contributed by atoms with Crippen LogP contribution in [0.1, 0.15) is 0 Å². The van der Waals surface area contributed by atoms with Crippen molar-refractivity contribution in [3.63, 3.8) is 0 Å². The van der Waals surface area contributed by atoms with Crippen LogP contribution < -0.4 is 0 Å². The Bertz CT molecular complexity index is 275. The van der Waals surface area contributed by atoms with Gasteiger partial charge in [-0.3, -0.25) is 0 Å². The minimum absolute atomic E-state index is 0.365. The van der Waals surface area contributed by atoms with Crippen LogP contribution in [-0.4, -0.2) is 242 Å². The van der Waals surface area contributed by atoms with Gasteiger partial charge in [0.2, 0.25) is 0 Å². The van der Waals surface area contributed by atoms with Gasteiger partial charge in [-0.15, -0.1) is 0 Å². The van der Waals surface area contributed by atoms with E-state index in [0.29, 0.717) is 0 Å². The van der Waals surface area contributed by atoms with E-state index in [-0.39, 0.29) is 92.5 Å². The summed E-state index contributed by atoms with van der Waals surface area (Å²) in [4.78, 5) is 0. The number of aliphatic hydroxyl groups is 21. The first kappa shape index (κ1) is 56.9. The third-order valence-corrected chi connectivity index (χ3v) is 2.95. The first-order chi connectivity index (χ1) is 19.7. The zero-order chi connectivity index (χ0) is 34.9. The summed E-state index contributed by atoms with van der Waals surface area (Å²) < 4.78 is 0. The predicted octanol–water partition coefficient (Wildman–Crippen LogP) is -11.7. The minimum atomic E-state index is -0.954. The predicted molar refractivity (Wildman–Crippen MR) is 141 cm³/mol. The average Bonchev–Trinajstić information content (AvgIpc) is 3.06. The van der Waals surface area contributed by atoms with Crippen molar-refractivity contribution in [1.29, 1.82) is 0 Å². The topological polar surface area (TPSA) is 425 Å². The summed E-state index contributed by atoms with van der Waals surface area (Å²) in [6.07, 6.45) is -6.68. The summed E-state index contributed by atoms with van der Waals surface area (Å²) in [5.41, 5.74) is 0. The van der Waals surface area contributed by atoms with Crippen LogP contribution in [0.3, 0.4) is 0 Å². The van der Waals surface area contributed by atoms with E-state index >= 15 is 0 Å². The molecule has 0 aliphatic rings. The van der Waals surface area contributed by atoms with Crippen molar-refractivity contribution in [3.8, 4) is 0 Å². The van der Waals surface area contributed by atoms with Gasteiger partial charge in [0.25, 0.3) is 0 Å². The molecule has 0 saturated carbocycles. The van der Waals surface area contributed by atoms with Gasteiger partial charge in [0.15, 0.2) is 0 Å². The second-order valence-electron chi connectivity index (χ2n) is 7.13. The van der Waals surface area contributed by atoms with Crippen LogP contribution in [0.4, 0.5) is 0 Å². The zero-order valence-electron chi connectivity index (χ0n) is 23.3. The Hall–Kier alpha value is -0.840. The summed E-state index contributed by atoms with van der Waals surface area (Å²) in [6.45, 7) is -5.10. The SMILES string of the molecule is OCC(O)CO.OCC(O)CO.OCC(O)CO.OCC(O)CO.OCC(O)CO.OCC(O)CO.OCC(O)CO. The summed E-state index contributed by atoms with van der Waals surface area (Å²) in [6, 6.07) is 0. The van der Waals surface area contributed by atoms with Gasteiger partial charge in [0, 0.05) is 0 Å². The van der Waals surface area contributed by atoms with Gasteiger partial charge in [-0.2, -0.15) is 0 Å². The largest absolute Gasteiger partial charge is 0.394 e. The molecule has 266 valence electrons. The number of aliphatic hydroxyl groups excluding tert-OH is 21. The van der Waals surface area contributed by atoms with Crippen LogP contribution in [0.2, 0.25) is 0 Å². The van der Waals surface area contributed by atoms with Crippen LogP contribution in [0, 0.1) is 0 Å². The Morgan fingerprint density at radius 2 is 0.214 bits per heavy atom. The van der Waals surface area contributed by atoms with Gasteiger partial charge in [-0.05, 0) is 0 Å². The van der Waals surface area contributed by atoms with Crippen LogP contribution in [-0.2, 0) is 0 Å². The molecule has 0 bridgehead atoms. The van der Waals surface area contributed by atoms with E-state index in [4.69, 9.17) is 107 Å². The molecule has 0 aromatic carbocycles. The molecule has 42 heavy (non-hydrogen) atoms. The molecule has 0 fully saturated rings. The Balaban J connectivity index is -0.0000000681. The molecular formula is C21H56O21. The van der Waals surface area contributed by atoms with Gasteiger partial charge in [-0.1, -0.05) is 0 Å². The van der Waals surface area contributed by atoms with Crippen LogP contribution in [0.25, 0.3) is 0 Å². The fourth-order valence-corrected chi connectivity index (χ4v) is 0.404. The molecule has 0 atom stereocenters. The van der Waals surface area contributed by atoms with Gasteiger partial charge in [0.1, 0.15) is 42.7 Å². The highest BCUT2D eigenvalue weighted by atomic mass is 16.4. The molecular weight excluding hydrogens is 588 g/mol. The fourth-order valence-electron chi connectivity index (χ4n) is 0.404. The molecule has 0 unspecified atom stereocenters. The fraction of sp³-hybridized carbons (Fsp3) is 1.00. The molecule has 0 aromatic rings. The van der Waals surface area contributed by atoms with E-state index < -0.39 is 42.7 Å². The van der Waals surface area contributed by atoms with Gasteiger partial charge in [-0.25, -0.2) is 0 Å². The zero-order valence-corrected chi connectivity index (χ0v) is 23.3. The van der Waals surface area contributed by atoms with Gasteiger partial charge >= 0.3 is 0 Å². The highest BCUT2D eigenvalue weighted by Gasteiger charge is 1.96. The summed E-state index contributed by atoms with van der Waals surface area (Å²) in [5.74, 6) is 0. The number of rotatable bonds is 14. The smallest absolute Gasteiger partial charge is 0.100 e. The van der Waals surface area contributed by atoms with Crippen molar-refractivity contribution in [2.75, 3.05) is 92.5 Å². The standard InChI is InChI=1S/7C3H8O3/c7*4-1-3(6)2-5/h7*3-6H,1-2H2. The van der Waals surface area contributed by atoms with E-state index in [2.05, 4.69) is 0 Å². The molecule has 0 spiro atoms. The van der Waals surface area contributed by atoms with Crippen molar-refractivity contribution < 1.29 is 107 Å². The van der Waals surface area contributed by atoms with Crippen molar-refractivity contribution >= 4 is 0 Å². The minimum Gasteiger partial charge on any atom is -0.394 e. The number of hydrogen-bond donors (Lipinski definition) is 21. The van der Waals surface area contributed by atoms with E-state index in [1.165, 1.54) is 0 Å². The van der Waals surface area contributed by atoms with Crippen molar-refractivity contribution in [1.82, 2.24) is 0 Å². The van der Waals surface area contributed by atoms with E-state index in [0.717, 1.165) is 0 Å². The molecule has 0 aliphatic carbocycles. The van der Waals surface area contributed by atoms with Gasteiger partial charge in [0.05, 0.1) is 92.5 Å². The molecule has 0 rings (SSSR count). The molecule has 21 N–H and O–H groups in total. The van der Waals surface area contributed by atoms with Gasteiger partial charge < -0.3 is 107 Å². The highest BCUT2D eigenvalue weighted by Crippen LogP contribution is 1.74. The van der Waals surface area contributed by atoms with Crippen LogP contribution in [0.5, 0.6) is 0 Å². The van der Waals surface area contributed by atoms with Crippen molar-refractivity contribution in [2.45, 2.75) is 42.7 Å². The molecule has 0 saturated heterocycles. The molecule has 0 aliphatic heterocycles.